The van der Waals surface area contributed by atoms with Crippen LogP contribution in [0, 0.1) is 0 Å². The van der Waals surface area contributed by atoms with Crippen LogP contribution in [0.1, 0.15) is 22.4 Å². The number of alkyl halides is 3. The lowest BCUT2D eigenvalue weighted by atomic mass is 10.0. The van der Waals surface area contributed by atoms with Crippen molar-refractivity contribution in [2.45, 2.75) is 24.4 Å². The minimum atomic E-state index is -4.75. The predicted octanol–water partition coefficient (Wildman–Crippen LogP) is 4.70. The maximum atomic E-state index is 13.5. The number of nitrogens with one attached hydrogen (secondary N) is 1. The van der Waals surface area contributed by atoms with Crippen molar-refractivity contribution < 1.29 is 27.4 Å². The summed E-state index contributed by atoms with van der Waals surface area (Å²) >= 11 is 0.932. The molecule has 170 valence electrons. The van der Waals surface area contributed by atoms with E-state index in [0.717, 1.165) is 23.1 Å². The minimum absolute atomic E-state index is 0.0917. The van der Waals surface area contributed by atoms with Crippen LogP contribution in [0.4, 0.5) is 13.2 Å². The molecule has 0 aliphatic rings. The molecule has 1 heterocycles. The first-order valence-electron chi connectivity index (χ1n) is 9.42. The quantitative estimate of drug-likeness (QED) is 0.383. The van der Waals surface area contributed by atoms with Gasteiger partial charge < -0.3 is 19.2 Å². The van der Waals surface area contributed by atoms with E-state index in [0.29, 0.717) is 17.1 Å². The van der Waals surface area contributed by atoms with Gasteiger partial charge >= 0.3 is 6.18 Å². The molecule has 0 saturated carbocycles. The molecule has 1 N–H and O–H groups in total. The molecular weight excluding hydrogens is 445 g/mol. The molecule has 0 atom stereocenters. The molecule has 0 aliphatic heterocycles. The summed E-state index contributed by atoms with van der Waals surface area (Å²) in [5.74, 6) is 1.49. The molecule has 0 aliphatic carbocycles. The molecule has 0 saturated heterocycles. The van der Waals surface area contributed by atoms with Gasteiger partial charge in [0.15, 0.2) is 22.3 Å². The number of halogens is 3. The third-order valence-electron chi connectivity index (χ3n) is 4.62. The molecular formula is C22H21F3N2O4S. The smallest absolute Gasteiger partial charge is 0.433 e. The molecule has 0 fully saturated rings. The predicted molar refractivity (Wildman–Crippen MR) is 115 cm³/mol. The third kappa shape index (κ3) is 5.56. The minimum Gasteiger partial charge on any atom is -0.497 e. The molecule has 10 heteroatoms. The van der Waals surface area contributed by atoms with E-state index in [-0.39, 0.29) is 18.2 Å². The summed E-state index contributed by atoms with van der Waals surface area (Å²) in [5, 5.41) is -0.0917. The lowest BCUT2D eigenvalue weighted by molar-refractivity contribution is -0.142. The fourth-order valence-corrected chi connectivity index (χ4v) is 3.38. The number of H-pyrrole nitrogens is 1. The summed E-state index contributed by atoms with van der Waals surface area (Å²) in [6.07, 6.45) is -3.48. The summed E-state index contributed by atoms with van der Waals surface area (Å²) in [4.78, 5) is 18.3. The highest BCUT2D eigenvalue weighted by atomic mass is 32.2. The van der Waals surface area contributed by atoms with Crippen molar-refractivity contribution in [3.05, 3.63) is 75.2 Å². The largest absolute Gasteiger partial charge is 0.497 e. The topological polar surface area (TPSA) is 73.4 Å². The van der Waals surface area contributed by atoms with Crippen molar-refractivity contribution >= 4 is 11.8 Å². The highest BCUT2D eigenvalue weighted by Crippen LogP contribution is 2.33. The van der Waals surface area contributed by atoms with Gasteiger partial charge in [-0.15, -0.1) is 0 Å². The number of benzene rings is 2. The fourth-order valence-electron chi connectivity index (χ4n) is 3.00. The van der Waals surface area contributed by atoms with Crippen LogP contribution in [0.15, 0.2) is 52.4 Å². The molecule has 0 radical (unpaired) electrons. The van der Waals surface area contributed by atoms with Gasteiger partial charge in [0.25, 0.3) is 5.56 Å². The zero-order chi connectivity index (χ0) is 23.3. The zero-order valence-electron chi connectivity index (χ0n) is 17.6. The molecule has 6 nitrogen and oxygen atoms in total. The number of thioether (sulfide) groups is 1. The first kappa shape index (κ1) is 23.5. The van der Waals surface area contributed by atoms with Crippen molar-refractivity contribution in [3.63, 3.8) is 0 Å². The van der Waals surface area contributed by atoms with Gasteiger partial charge in [-0.05, 0) is 41.6 Å². The lowest BCUT2D eigenvalue weighted by Gasteiger charge is -2.14. The van der Waals surface area contributed by atoms with Crippen LogP contribution in [-0.4, -0.2) is 30.4 Å². The van der Waals surface area contributed by atoms with E-state index in [4.69, 9.17) is 14.2 Å². The molecule has 3 aromatic rings. The Balaban J connectivity index is 1.84. The second-order valence-corrected chi connectivity index (χ2v) is 7.49. The Morgan fingerprint density at radius 1 is 1.00 bits per heavy atom. The molecule has 3 rings (SSSR count). The Bertz CT molecular complexity index is 1130. The Labute approximate surface area is 186 Å². The van der Waals surface area contributed by atoms with Gasteiger partial charge in [0.1, 0.15) is 12.4 Å². The number of hydrogen-bond acceptors (Lipinski definition) is 6. The van der Waals surface area contributed by atoms with Gasteiger partial charge in [-0.1, -0.05) is 30.0 Å². The van der Waals surface area contributed by atoms with Crippen molar-refractivity contribution in [2.75, 3.05) is 20.5 Å². The second kappa shape index (κ2) is 9.99. The first-order valence-corrected chi connectivity index (χ1v) is 10.6. The van der Waals surface area contributed by atoms with Crippen LogP contribution in [0.3, 0.4) is 0 Å². The molecule has 1 aromatic heterocycles. The Morgan fingerprint density at radius 3 is 2.28 bits per heavy atom. The van der Waals surface area contributed by atoms with Gasteiger partial charge in [-0.3, -0.25) is 4.79 Å². The van der Waals surface area contributed by atoms with E-state index in [1.807, 2.05) is 24.3 Å². The molecule has 32 heavy (non-hydrogen) atoms. The summed E-state index contributed by atoms with van der Waals surface area (Å²) in [6, 6.07) is 12.1. The third-order valence-corrected chi connectivity index (χ3v) is 5.20. The van der Waals surface area contributed by atoms with Crippen LogP contribution in [0.25, 0.3) is 0 Å². The van der Waals surface area contributed by atoms with Crippen molar-refractivity contribution in [3.8, 4) is 17.2 Å². The standard InChI is InChI=1S/C22H21F3N2O4S/c1-29-15-7-4-13(5-8-15)12-31-17-9-6-14(11-18(17)30-2)10-16-19(22(23,24)25)26-21(32-3)27-20(16)28/h4-9,11H,10,12H2,1-3H3,(H,26,27,28). The number of aromatic nitrogens is 2. The van der Waals surface area contributed by atoms with E-state index in [2.05, 4.69) is 9.97 Å². The van der Waals surface area contributed by atoms with E-state index in [9.17, 15) is 18.0 Å². The summed E-state index contributed by atoms with van der Waals surface area (Å²) in [7, 11) is 3.01. The van der Waals surface area contributed by atoms with E-state index >= 15 is 0 Å². The lowest BCUT2D eigenvalue weighted by Crippen LogP contribution is -2.24. The average molecular weight is 466 g/mol. The molecule has 0 amide bonds. The normalized spacial score (nSPS) is 11.3. The van der Waals surface area contributed by atoms with Crippen molar-refractivity contribution in [1.29, 1.82) is 0 Å². The Hall–Kier alpha value is -3.14. The highest BCUT2D eigenvalue weighted by molar-refractivity contribution is 7.98. The number of ether oxygens (including phenoxy) is 3. The number of hydrogen-bond donors (Lipinski definition) is 1. The molecule has 2 aromatic carbocycles. The number of nitrogens with zero attached hydrogens (tertiary/aromatic N) is 1. The second-order valence-electron chi connectivity index (χ2n) is 6.70. The maximum Gasteiger partial charge on any atom is 0.433 e. The van der Waals surface area contributed by atoms with E-state index in [1.54, 1.807) is 25.3 Å². The van der Waals surface area contributed by atoms with Crippen LogP contribution in [-0.2, 0) is 19.2 Å². The van der Waals surface area contributed by atoms with Gasteiger partial charge in [0.2, 0.25) is 0 Å². The maximum absolute atomic E-state index is 13.5. The summed E-state index contributed by atoms with van der Waals surface area (Å²) < 4.78 is 56.7. The molecule has 0 bridgehead atoms. The van der Waals surface area contributed by atoms with Crippen molar-refractivity contribution in [1.82, 2.24) is 9.97 Å². The van der Waals surface area contributed by atoms with Crippen LogP contribution in [0.2, 0.25) is 0 Å². The number of methoxy groups -OCH3 is 2. The van der Waals surface area contributed by atoms with Gasteiger partial charge in [-0.2, -0.15) is 13.2 Å². The number of aromatic amines is 1. The highest BCUT2D eigenvalue weighted by Gasteiger charge is 2.37. The first-order chi connectivity index (χ1) is 15.2. The summed E-state index contributed by atoms with van der Waals surface area (Å²) in [5.41, 5.74) is -1.12. The Kier molecular flexibility index (Phi) is 7.34. The average Bonchev–Trinajstić information content (AvgIpc) is 2.78. The number of rotatable bonds is 8. The SMILES string of the molecule is COc1ccc(COc2ccc(Cc3c(C(F)(F)F)nc(SC)[nH]c3=O)cc2OC)cc1. The van der Waals surface area contributed by atoms with Crippen LogP contribution in [0.5, 0.6) is 17.2 Å². The molecule has 0 spiro atoms. The fraction of sp³-hybridized carbons (Fsp3) is 0.273. The monoisotopic (exact) mass is 466 g/mol. The van der Waals surface area contributed by atoms with E-state index < -0.39 is 23.0 Å². The Morgan fingerprint density at radius 2 is 1.69 bits per heavy atom. The van der Waals surface area contributed by atoms with Crippen LogP contribution < -0.4 is 19.8 Å². The van der Waals surface area contributed by atoms with Gasteiger partial charge in [-0.25, -0.2) is 4.98 Å². The van der Waals surface area contributed by atoms with E-state index in [1.165, 1.54) is 13.4 Å². The molecule has 0 unspecified atom stereocenters. The zero-order valence-corrected chi connectivity index (χ0v) is 18.4. The van der Waals surface area contributed by atoms with Gasteiger partial charge in [0.05, 0.1) is 19.8 Å². The van der Waals surface area contributed by atoms with Crippen LogP contribution >= 0.6 is 11.8 Å². The van der Waals surface area contributed by atoms with Gasteiger partial charge in [0, 0.05) is 6.42 Å². The van der Waals surface area contributed by atoms with Crippen molar-refractivity contribution in [2.24, 2.45) is 0 Å². The summed E-state index contributed by atoms with van der Waals surface area (Å²) in [6.45, 7) is 0.262.